The number of hydrogen-bond acceptors (Lipinski definition) is 3. The summed E-state index contributed by atoms with van der Waals surface area (Å²) >= 11 is 1.61. The lowest BCUT2D eigenvalue weighted by Crippen LogP contribution is -2.14. The second-order valence-corrected chi connectivity index (χ2v) is 5.01. The number of thioether (sulfide) groups is 1. The van der Waals surface area contributed by atoms with Crippen LogP contribution in [0.3, 0.4) is 0 Å². The quantitative estimate of drug-likeness (QED) is 0.616. The van der Waals surface area contributed by atoms with Crippen molar-refractivity contribution < 1.29 is 9.53 Å². The Morgan fingerprint density at radius 1 is 1.45 bits per heavy atom. The predicted molar refractivity (Wildman–Crippen MR) is 48.8 cm³/mol. The summed E-state index contributed by atoms with van der Waals surface area (Å²) in [6, 6.07) is 0. The fourth-order valence-electron chi connectivity index (χ4n) is 0.478. The average Bonchev–Trinajstić information content (AvgIpc) is 1.83. The molecule has 0 amide bonds. The third-order valence-corrected chi connectivity index (χ3v) is 2.17. The summed E-state index contributed by atoms with van der Waals surface area (Å²) in [5.41, 5.74) is 0. The summed E-state index contributed by atoms with van der Waals surface area (Å²) in [7, 11) is 0. The minimum Gasteiger partial charge on any atom is -0.465 e. The third-order valence-electron chi connectivity index (χ3n) is 0.928. The molecule has 0 radical (unpaired) electrons. The minimum absolute atomic E-state index is 0.118. The SMILES string of the molecule is CCOC(=O)CSC(C)(C)C. The van der Waals surface area contributed by atoms with E-state index in [9.17, 15) is 4.79 Å². The van der Waals surface area contributed by atoms with Crippen molar-refractivity contribution in [3.8, 4) is 0 Å². The molecule has 3 heteroatoms. The lowest BCUT2D eigenvalue weighted by Gasteiger charge is -2.16. The topological polar surface area (TPSA) is 26.3 Å². The van der Waals surface area contributed by atoms with Gasteiger partial charge in [0.2, 0.25) is 0 Å². The van der Waals surface area contributed by atoms with Crippen molar-refractivity contribution in [2.24, 2.45) is 0 Å². The number of esters is 1. The molecule has 0 spiro atoms. The molecule has 11 heavy (non-hydrogen) atoms. The average molecular weight is 176 g/mol. The monoisotopic (exact) mass is 176 g/mol. The molecule has 0 saturated carbocycles. The highest BCUT2D eigenvalue weighted by molar-refractivity contribution is 8.01. The molecule has 0 bridgehead atoms. The number of carbonyl (C=O) groups is 1. The van der Waals surface area contributed by atoms with Crippen molar-refractivity contribution in [3.63, 3.8) is 0 Å². The highest BCUT2D eigenvalue weighted by atomic mass is 32.2. The number of hydrogen-bond donors (Lipinski definition) is 0. The normalized spacial score (nSPS) is 11.3. The Hall–Kier alpha value is -0.180. The van der Waals surface area contributed by atoms with E-state index in [0.29, 0.717) is 12.4 Å². The predicted octanol–water partition coefficient (Wildman–Crippen LogP) is 2.08. The minimum atomic E-state index is -0.118. The fourth-order valence-corrected chi connectivity index (χ4v) is 1.11. The summed E-state index contributed by atoms with van der Waals surface area (Å²) < 4.78 is 4.92. The van der Waals surface area contributed by atoms with Gasteiger partial charge in [0.1, 0.15) is 0 Å². The molecular weight excluding hydrogens is 160 g/mol. The maximum absolute atomic E-state index is 10.8. The summed E-state index contributed by atoms with van der Waals surface area (Å²) in [5.74, 6) is 0.338. The molecule has 0 aromatic heterocycles. The molecule has 0 rings (SSSR count). The van der Waals surface area contributed by atoms with Gasteiger partial charge in [-0.25, -0.2) is 0 Å². The van der Waals surface area contributed by atoms with Crippen molar-refractivity contribution in [1.82, 2.24) is 0 Å². The molecule has 0 aromatic carbocycles. The van der Waals surface area contributed by atoms with Gasteiger partial charge < -0.3 is 4.74 Å². The van der Waals surface area contributed by atoms with Gasteiger partial charge in [-0.05, 0) is 6.92 Å². The van der Waals surface area contributed by atoms with E-state index in [1.165, 1.54) is 0 Å². The molecule has 0 unspecified atom stereocenters. The third kappa shape index (κ3) is 7.72. The number of rotatable bonds is 3. The second-order valence-electron chi connectivity index (χ2n) is 3.21. The van der Waals surface area contributed by atoms with Crippen molar-refractivity contribution in [1.29, 1.82) is 0 Å². The molecule has 66 valence electrons. The standard InChI is InChI=1S/C8H16O2S/c1-5-10-7(9)6-11-8(2,3)4/h5-6H2,1-4H3. The molecule has 0 aromatic rings. The van der Waals surface area contributed by atoms with Crippen molar-refractivity contribution >= 4 is 17.7 Å². The molecule has 0 fully saturated rings. The van der Waals surface area contributed by atoms with E-state index in [2.05, 4.69) is 20.8 Å². The zero-order valence-corrected chi connectivity index (χ0v) is 8.46. The Balaban J connectivity index is 3.46. The number of ether oxygens (including phenoxy) is 1. The smallest absolute Gasteiger partial charge is 0.315 e. The van der Waals surface area contributed by atoms with Gasteiger partial charge in [-0.2, -0.15) is 0 Å². The molecule has 0 N–H and O–H groups in total. The van der Waals surface area contributed by atoms with Crippen LogP contribution in [0.15, 0.2) is 0 Å². The second kappa shape index (κ2) is 4.65. The van der Waals surface area contributed by atoms with Crippen LogP contribution in [0, 0.1) is 0 Å². The zero-order valence-electron chi connectivity index (χ0n) is 7.64. The lowest BCUT2D eigenvalue weighted by atomic mass is 10.3. The van der Waals surface area contributed by atoms with Crippen LogP contribution in [0.4, 0.5) is 0 Å². The van der Waals surface area contributed by atoms with E-state index in [1.54, 1.807) is 11.8 Å². The Bertz CT molecular complexity index is 127. The first-order valence-corrected chi connectivity index (χ1v) is 4.74. The van der Waals surface area contributed by atoms with Crippen molar-refractivity contribution in [3.05, 3.63) is 0 Å². The largest absolute Gasteiger partial charge is 0.465 e. The van der Waals surface area contributed by atoms with E-state index in [1.807, 2.05) is 6.92 Å². The van der Waals surface area contributed by atoms with E-state index < -0.39 is 0 Å². The highest BCUT2D eigenvalue weighted by Crippen LogP contribution is 2.22. The Morgan fingerprint density at radius 3 is 2.36 bits per heavy atom. The van der Waals surface area contributed by atoms with Gasteiger partial charge in [0.25, 0.3) is 0 Å². The molecule has 0 saturated heterocycles. The molecule has 0 aliphatic carbocycles. The van der Waals surface area contributed by atoms with E-state index in [-0.39, 0.29) is 10.7 Å². The maximum atomic E-state index is 10.8. The first kappa shape index (κ1) is 10.8. The molecule has 0 atom stereocenters. The van der Waals surface area contributed by atoms with Crippen LogP contribution in [0.5, 0.6) is 0 Å². The highest BCUT2D eigenvalue weighted by Gasteiger charge is 2.13. The van der Waals surface area contributed by atoms with Gasteiger partial charge in [0.15, 0.2) is 0 Å². The first-order chi connectivity index (χ1) is 4.95. The van der Waals surface area contributed by atoms with Gasteiger partial charge in [-0.3, -0.25) is 4.79 Å². The molecule has 0 aliphatic rings. The van der Waals surface area contributed by atoms with Gasteiger partial charge in [-0.15, -0.1) is 11.8 Å². The van der Waals surface area contributed by atoms with Crippen LogP contribution in [-0.2, 0) is 9.53 Å². The maximum Gasteiger partial charge on any atom is 0.315 e. The van der Waals surface area contributed by atoms with E-state index in [4.69, 9.17) is 4.74 Å². The van der Waals surface area contributed by atoms with Gasteiger partial charge >= 0.3 is 5.97 Å². The summed E-state index contributed by atoms with van der Waals surface area (Å²) in [6.45, 7) is 8.54. The van der Waals surface area contributed by atoms with Crippen LogP contribution < -0.4 is 0 Å². The summed E-state index contributed by atoms with van der Waals surface area (Å²) in [5, 5.41) is 0. The number of carbonyl (C=O) groups excluding carboxylic acids is 1. The zero-order chi connectivity index (χ0) is 8.91. The van der Waals surface area contributed by atoms with Crippen LogP contribution in [-0.4, -0.2) is 23.1 Å². The van der Waals surface area contributed by atoms with Crippen molar-refractivity contribution in [2.75, 3.05) is 12.4 Å². The van der Waals surface area contributed by atoms with Crippen LogP contribution in [0.2, 0.25) is 0 Å². The molecule has 0 heterocycles. The Kier molecular flexibility index (Phi) is 4.57. The Labute approximate surface area is 72.7 Å². The van der Waals surface area contributed by atoms with Crippen LogP contribution >= 0.6 is 11.8 Å². The fraction of sp³-hybridized carbons (Fsp3) is 0.875. The van der Waals surface area contributed by atoms with Gasteiger partial charge in [0.05, 0.1) is 12.4 Å². The molecule has 2 nitrogen and oxygen atoms in total. The molecular formula is C8H16O2S. The first-order valence-electron chi connectivity index (χ1n) is 3.75. The van der Waals surface area contributed by atoms with Gasteiger partial charge in [0, 0.05) is 4.75 Å². The summed E-state index contributed by atoms with van der Waals surface area (Å²) in [4.78, 5) is 10.8. The van der Waals surface area contributed by atoms with E-state index in [0.717, 1.165) is 0 Å². The van der Waals surface area contributed by atoms with Crippen LogP contribution in [0.1, 0.15) is 27.7 Å². The molecule has 0 aliphatic heterocycles. The Morgan fingerprint density at radius 2 is 2.00 bits per heavy atom. The van der Waals surface area contributed by atoms with Gasteiger partial charge in [-0.1, -0.05) is 20.8 Å². The van der Waals surface area contributed by atoms with Crippen molar-refractivity contribution in [2.45, 2.75) is 32.4 Å². The summed E-state index contributed by atoms with van der Waals surface area (Å²) in [6.07, 6.45) is 0. The van der Waals surface area contributed by atoms with Crippen LogP contribution in [0.25, 0.3) is 0 Å². The van der Waals surface area contributed by atoms with E-state index >= 15 is 0 Å². The lowest BCUT2D eigenvalue weighted by molar-refractivity contribution is -0.139.